The van der Waals surface area contributed by atoms with Crippen LogP contribution in [0.1, 0.15) is 127 Å². The van der Waals surface area contributed by atoms with Gasteiger partial charge in [0, 0.05) is 23.4 Å². The number of benzene rings is 1. The number of fused-ring (bicyclic) bond motifs is 1. The molecule has 0 unspecified atom stereocenters. The molecule has 1 aliphatic heterocycles. The van der Waals surface area contributed by atoms with Crippen molar-refractivity contribution >= 4 is 42.7 Å². The van der Waals surface area contributed by atoms with Gasteiger partial charge in [-0.25, -0.2) is 0 Å². The van der Waals surface area contributed by atoms with Crippen molar-refractivity contribution in [3.63, 3.8) is 0 Å². The molecule has 8 nitrogen and oxygen atoms in total. The SMILES string of the molecule is COC(=O)[C@@]12C(=O)N(C(=O)c3ccccc3)[C@@H](CC(C)C)[C@@H]1[C@H](C)C(C)=C[C@@H]2/C=C(\C)CC[C@@H](O[Si](C)(C)C(C)(C)C)[C@H](CO[Si](C)(C)C(C)(C)C)O[Si](C)(C)C(C)(C)C. The number of hydrogen-bond acceptors (Lipinski definition) is 7. The number of methoxy groups -OCH3 is 1. The molecule has 0 spiro atoms. The summed E-state index contributed by atoms with van der Waals surface area (Å²) in [7, 11) is -5.36. The fraction of sp³-hybridized carbons (Fsp3) is 0.735. The molecule has 0 aromatic heterocycles. The van der Waals surface area contributed by atoms with E-state index in [1.807, 2.05) is 6.07 Å². The largest absolute Gasteiger partial charge is 0.468 e. The van der Waals surface area contributed by atoms with Crippen molar-refractivity contribution < 1.29 is 32.4 Å². The van der Waals surface area contributed by atoms with Gasteiger partial charge in [-0.1, -0.05) is 125 Å². The van der Waals surface area contributed by atoms with E-state index in [0.717, 1.165) is 11.1 Å². The van der Waals surface area contributed by atoms with Gasteiger partial charge in [0.05, 0.1) is 25.9 Å². The molecular weight excluding hydrogens is 799 g/mol. The van der Waals surface area contributed by atoms with Crippen LogP contribution in [0.15, 0.2) is 53.6 Å². The van der Waals surface area contributed by atoms with Gasteiger partial charge in [0.2, 0.25) is 5.91 Å². The molecule has 2 aliphatic rings. The fourth-order valence-corrected chi connectivity index (χ4v) is 11.9. The van der Waals surface area contributed by atoms with E-state index in [4.69, 9.17) is 18.0 Å². The Bertz CT molecular complexity index is 1730. The summed E-state index contributed by atoms with van der Waals surface area (Å²) < 4.78 is 27.4. The van der Waals surface area contributed by atoms with Crippen molar-refractivity contribution in [1.82, 2.24) is 4.90 Å². The van der Waals surface area contributed by atoms with Crippen LogP contribution in [-0.2, 0) is 27.6 Å². The van der Waals surface area contributed by atoms with Gasteiger partial charge in [0.25, 0.3) is 5.91 Å². The highest BCUT2D eigenvalue weighted by atomic mass is 28.4. The minimum atomic E-state index is -2.30. The second kappa shape index (κ2) is 18.9. The average molecular weight is 884 g/mol. The van der Waals surface area contributed by atoms with Crippen molar-refractivity contribution in [2.75, 3.05) is 13.7 Å². The van der Waals surface area contributed by atoms with Gasteiger partial charge in [-0.2, -0.15) is 0 Å². The fourth-order valence-electron chi connectivity index (χ4n) is 8.22. The first-order chi connectivity index (χ1) is 27.2. The van der Waals surface area contributed by atoms with Crippen molar-refractivity contribution in [2.45, 2.75) is 189 Å². The first-order valence-corrected chi connectivity index (χ1v) is 31.3. The minimum Gasteiger partial charge on any atom is -0.468 e. The molecule has 1 aromatic rings. The zero-order chi connectivity index (χ0) is 46.2. The number of likely N-dealkylation sites (tertiary alicyclic amines) is 1. The van der Waals surface area contributed by atoms with Crippen LogP contribution >= 0.6 is 0 Å². The Hall–Kier alpha value is -2.16. The standard InChI is InChI=1S/C49H85NO7Si3/c1-33(2)29-39-42-36(5)35(4)31-38(49(42,45(53)54-15)44(52)50(39)43(51)37-25-23-22-24-26-37)30-34(3)27-28-40(56-59(18,19)47(9,10)11)41(57-60(20,21)48(12,13)14)32-55-58(16,17)46(6,7)8/h22-26,30-31,33,36,38-42H,27-29,32H2,1-21H3/b34-30+/t36-,38+,39+,40-,41+,42+,49-/m1/s1. The highest BCUT2D eigenvalue weighted by Gasteiger charge is 2.70. The zero-order valence-corrected chi connectivity index (χ0v) is 44.7. The predicted octanol–water partition coefficient (Wildman–Crippen LogP) is 12.6. The Morgan fingerprint density at radius 3 is 1.80 bits per heavy atom. The van der Waals surface area contributed by atoms with E-state index in [1.165, 1.54) is 12.0 Å². The number of hydrogen-bond donors (Lipinski definition) is 0. The molecular formula is C49H85NO7Si3. The molecule has 1 heterocycles. The Kier molecular flexibility index (Phi) is 16.4. The van der Waals surface area contributed by atoms with Gasteiger partial charge in [0.1, 0.15) is 0 Å². The average Bonchev–Trinajstić information content (AvgIpc) is 3.36. The molecule has 7 atom stereocenters. The third-order valence-corrected chi connectivity index (χ3v) is 28.7. The number of allylic oxidation sites excluding steroid dienone is 4. The Morgan fingerprint density at radius 1 is 0.833 bits per heavy atom. The number of nitrogens with zero attached hydrogens (tertiary/aromatic N) is 1. The third-order valence-electron chi connectivity index (χ3n) is 15.2. The van der Waals surface area contributed by atoms with Gasteiger partial charge >= 0.3 is 5.97 Å². The molecule has 0 bridgehead atoms. The summed E-state index contributed by atoms with van der Waals surface area (Å²) in [6.45, 7) is 45.2. The van der Waals surface area contributed by atoms with Gasteiger partial charge in [-0.3, -0.25) is 19.3 Å². The van der Waals surface area contributed by atoms with Crippen LogP contribution in [0.5, 0.6) is 0 Å². The normalized spacial score (nSPS) is 24.6. The van der Waals surface area contributed by atoms with Crippen LogP contribution in [0, 0.1) is 29.1 Å². The van der Waals surface area contributed by atoms with E-state index in [9.17, 15) is 9.59 Å². The first-order valence-electron chi connectivity index (χ1n) is 22.5. The van der Waals surface area contributed by atoms with Crippen molar-refractivity contribution in [1.29, 1.82) is 0 Å². The van der Waals surface area contributed by atoms with Gasteiger partial charge in [-0.15, -0.1) is 0 Å². The summed E-state index contributed by atoms with van der Waals surface area (Å²) in [6.07, 6.45) is 5.59. The molecule has 1 aliphatic carbocycles. The lowest BCUT2D eigenvalue weighted by Gasteiger charge is -2.46. The summed E-state index contributed by atoms with van der Waals surface area (Å²) in [5.41, 5.74) is 0.982. The highest BCUT2D eigenvalue weighted by Crippen LogP contribution is 2.58. The number of ether oxygens (including phenoxy) is 1. The van der Waals surface area contributed by atoms with Crippen LogP contribution in [0.3, 0.4) is 0 Å². The number of rotatable bonds is 16. The topological polar surface area (TPSA) is 91.4 Å². The van der Waals surface area contributed by atoms with Crippen LogP contribution in [0.25, 0.3) is 0 Å². The molecule has 11 heteroatoms. The summed E-state index contributed by atoms with van der Waals surface area (Å²) >= 11 is 0. The number of carbonyl (C=O) groups excluding carboxylic acids is 3. The minimum absolute atomic E-state index is 0.0162. The lowest BCUT2D eigenvalue weighted by molar-refractivity contribution is -0.164. The number of amides is 2. The molecule has 1 saturated heterocycles. The molecule has 2 amide bonds. The number of esters is 1. The molecule has 340 valence electrons. The van der Waals surface area contributed by atoms with Crippen molar-refractivity contribution in [3.05, 3.63) is 59.2 Å². The summed E-state index contributed by atoms with van der Waals surface area (Å²) in [4.78, 5) is 45.6. The third kappa shape index (κ3) is 11.0. The monoisotopic (exact) mass is 884 g/mol. The maximum atomic E-state index is 15.3. The molecule has 60 heavy (non-hydrogen) atoms. The summed E-state index contributed by atoms with van der Waals surface area (Å²) in [5.74, 6) is -2.44. The van der Waals surface area contributed by atoms with Gasteiger partial charge in [0.15, 0.2) is 30.4 Å². The quantitative estimate of drug-likeness (QED) is 0.0537. The maximum Gasteiger partial charge on any atom is 0.322 e. The predicted molar refractivity (Wildman–Crippen MR) is 255 cm³/mol. The van der Waals surface area contributed by atoms with E-state index in [1.54, 1.807) is 24.3 Å². The lowest BCUT2D eigenvalue weighted by atomic mass is 9.56. The summed E-state index contributed by atoms with van der Waals surface area (Å²) in [6, 6.07) is 8.47. The van der Waals surface area contributed by atoms with E-state index in [0.29, 0.717) is 31.4 Å². The second-order valence-corrected chi connectivity index (χ2v) is 37.4. The zero-order valence-electron chi connectivity index (χ0n) is 41.7. The smallest absolute Gasteiger partial charge is 0.322 e. The highest BCUT2D eigenvalue weighted by molar-refractivity contribution is 6.75. The van der Waals surface area contributed by atoms with Crippen LogP contribution in [0.2, 0.25) is 54.4 Å². The molecule has 0 saturated carbocycles. The first kappa shape index (κ1) is 52.2. The van der Waals surface area contributed by atoms with E-state index in [2.05, 4.69) is 148 Å². The molecule has 1 aromatic carbocycles. The van der Waals surface area contributed by atoms with E-state index < -0.39 is 60.1 Å². The number of imide groups is 1. The Morgan fingerprint density at radius 2 is 1.33 bits per heavy atom. The Labute approximate surface area is 369 Å². The van der Waals surface area contributed by atoms with Gasteiger partial charge in [-0.05, 0) is 111 Å². The Balaban J connectivity index is 2.20. The second-order valence-electron chi connectivity index (χ2n) is 23.1. The lowest BCUT2D eigenvalue weighted by Crippen LogP contribution is -2.54. The molecule has 0 radical (unpaired) electrons. The van der Waals surface area contributed by atoms with Crippen LogP contribution < -0.4 is 0 Å². The van der Waals surface area contributed by atoms with E-state index >= 15 is 4.79 Å². The molecule has 1 fully saturated rings. The van der Waals surface area contributed by atoms with E-state index in [-0.39, 0.29) is 45.1 Å². The van der Waals surface area contributed by atoms with Crippen LogP contribution in [0.4, 0.5) is 0 Å². The van der Waals surface area contributed by atoms with Crippen LogP contribution in [-0.4, -0.2) is 79.6 Å². The maximum absolute atomic E-state index is 15.3. The summed E-state index contributed by atoms with van der Waals surface area (Å²) in [5, 5.41) is -0.00952. The van der Waals surface area contributed by atoms with Crippen molar-refractivity contribution in [2.24, 2.45) is 29.1 Å². The molecule has 0 N–H and O–H groups in total. The number of carbonyl (C=O) groups is 3. The van der Waals surface area contributed by atoms with Gasteiger partial charge < -0.3 is 18.0 Å². The molecule has 3 rings (SSSR count). The van der Waals surface area contributed by atoms with Crippen molar-refractivity contribution in [3.8, 4) is 0 Å².